The Morgan fingerprint density at radius 1 is 1.25 bits per heavy atom. The molecule has 2 fully saturated rings. The first kappa shape index (κ1) is 23.2. The van der Waals surface area contributed by atoms with E-state index in [1.54, 1.807) is 0 Å². The van der Waals surface area contributed by atoms with E-state index in [2.05, 4.69) is 39.4 Å². The van der Waals surface area contributed by atoms with Crippen molar-refractivity contribution >= 4 is 29.9 Å². The van der Waals surface area contributed by atoms with Gasteiger partial charge in [0.2, 0.25) is 5.88 Å². The molecule has 1 saturated heterocycles. The molecule has 1 aliphatic heterocycles. The topological polar surface area (TPSA) is 61.8 Å². The van der Waals surface area contributed by atoms with E-state index in [-0.39, 0.29) is 24.0 Å². The molecule has 0 bridgehead atoms. The van der Waals surface area contributed by atoms with Crippen LogP contribution in [0.1, 0.15) is 57.9 Å². The van der Waals surface area contributed by atoms with Gasteiger partial charge in [0, 0.05) is 51.0 Å². The van der Waals surface area contributed by atoms with E-state index in [0.717, 1.165) is 56.2 Å². The Bertz CT molecular complexity index is 611. The van der Waals surface area contributed by atoms with Crippen LogP contribution in [0.15, 0.2) is 23.3 Å². The maximum atomic E-state index is 6.01. The summed E-state index contributed by atoms with van der Waals surface area (Å²) in [5.41, 5.74) is 1.16. The second-order valence-corrected chi connectivity index (χ2v) is 8.00. The summed E-state index contributed by atoms with van der Waals surface area (Å²) in [5, 5.41) is 7.00. The number of nitrogens with one attached hydrogen (secondary N) is 2. The molecule has 0 unspecified atom stereocenters. The largest absolute Gasteiger partial charge is 0.474 e. The van der Waals surface area contributed by atoms with Crippen molar-refractivity contribution in [3.63, 3.8) is 0 Å². The van der Waals surface area contributed by atoms with Gasteiger partial charge in [-0.3, -0.25) is 4.99 Å². The van der Waals surface area contributed by atoms with Gasteiger partial charge in [-0.25, -0.2) is 4.98 Å². The quantitative estimate of drug-likeness (QED) is 0.355. The van der Waals surface area contributed by atoms with Gasteiger partial charge in [-0.15, -0.1) is 24.0 Å². The van der Waals surface area contributed by atoms with Gasteiger partial charge in [0.1, 0.15) is 6.10 Å². The van der Waals surface area contributed by atoms with Gasteiger partial charge in [0.25, 0.3) is 0 Å². The fraction of sp³-hybridized carbons (Fsp3) is 0.714. The molecule has 158 valence electrons. The first-order valence-corrected chi connectivity index (χ1v) is 10.5. The normalized spacial score (nSPS) is 19.5. The average Bonchev–Trinajstić information content (AvgIpc) is 3.19. The Morgan fingerprint density at radius 3 is 2.61 bits per heavy atom. The van der Waals surface area contributed by atoms with Crippen molar-refractivity contribution < 1.29 is 4.74 Å². The molecule has 3 rings (SSSR count). The molecule has 1 aliphatic carbocycles. The van der Waals surface area contributed by atoms with Gasteiger partial charge >= 0.3 is 0 Å². The predicted molar refractivity (Wildman–Crippen MR) is 126 cm³/mol. The van der Waals surface area contributed by atoms with E-state index in [0.29, 0.717) is 24.7 Å². The Labute approximate surface area is 186 Å². The molecule has 7 heteroatoms. The highest BCUT2D eigenvalue weighted by atomic mass is 127. The summed E-state index contributed by atoms with van der Waals surface area (Å²) in [4.78, 5) is 11.3. The molecule has 28 heavy (non-hydrogen) atoms. The van der Waals surface area contributed by atoms with Gasteiger partial charge in [0.15, 0.2) is 5.96 Å². The summed E-state index contributed by atoms with van der Waals surface area (Å²) in [5.74, 6) is 1.61. The summed E-state index contributed by atoms with van der Waals surface area (Å²) in [6, 6.07) is 5.20. The van der Waals surface area contributed by atoms with Crippen LogP contribution in [0, 0.1) is 0 Å². The highest BCUT2D eigenvalue weighted by Crippen LogP contribution is 2.23. The average molecular weight is 501 g/mol. The number of aromatic nitrogens is 1. The van der Waals surface area contributed by atoms with Crippen LogP contribution in [0.3, 0.4) is 0 Å². The van der Waals surface area contributed by atoms with Crippen molar-refractivity contribution in [3.05, 3.63) is 23.9 Å². The number of aliphatic imine (C=N–C) groups is 1. The first-order valence-electron chi connectivity index (χ1n) is 10.5. The van der Waals surface area contributed by atoms with Gasteiger partial charge in [-0.2, -0.15) is 0 Å². The van der Waals surface area contributed by atoms with Crippen molar-refractivity contribution in [2.45, 2.75) is 77.1 Å². The Morgan fingerprint density at radius 2 is 1.96 bits per heavy atom. The summed E-state index contributed by atoms with van der Waals surface area (Å²) in [6.45, 7) is 7.56. The minimum absolute atomic E-state index is 0. The minimum Gasteiger partial charge on any atom is -0.474 e. The molecule has 0 spiro atoms. The van der Waals surface area contributed by atoms with Gasteiger partial charge in [-0.05, 0) is 64.0 Å². The molecule has 2 aliphatic rings. The number of hydrogen-bond acceptors (Lipinski definition) is 4. The lowest BCUT2D eigenvalue weighted by atomic mass is 10.0. The van der Waals surface area contributed by atoms with E-state index in [1.807, 2.05) is 25.4 Å². The minimum atomic E-state index is 0. The van der Waals surface area contributed by atoms with Crippen LogP contribution >= 0.6 is 24.0 Å². The fourth-order valence-corrected chi connectivity index (χ4v) is 3.94. The van der Waals surface area contributed by atoms with Crippen molar-refractivity contribution in [1.82, 2.24) is 20.5 Å². The zero-order chi connectivity index (χ0) is 19.1. The molecule has 1 saturated carbocycles. The summed E-state index contributed by atoms with van der Waals surface area (Å²) in [7, 11) is 1.83. The number of ether oxygens (including phenoxy) is 1. The second kappa shape index (κ2) is 11.8. The molecular weight excluding hydrogens is 465 g/mol. The van der Waals surface area contributed by atoms with Crippen molar-refractivity contribution in [1.29, 1.82) is 0 Å². The highest BCUT2D eigenvalue weighted by Gasteiger charge is 2.21. The number of hydrogen-bond donors (Lipinski definition) is 2. The molecule has 2 N–H and O–H groups in total. The maximum absolute atomic E-state index is 6.01. The van der Waals surface area contributed by atoms with Crippen molar-refractivity contribution in [2.24, 2.45) is 4.99 Å². The standard InChI is InChI=1S/C21H35N5O.HI/c1-16(2)26-12-9-18(10-13-26)25-21(22-3)24-15-17-8-11-23-20(14-17)27-19-6-4-5-7-19;/h8,11,14,16,18-19H,4-7,9-10,12-13,15H2,1-3H3,(H2,22,24,25);1H. The second-order valence-electron chi connectivity index (χ2n) is 8.00. The van der Waals surface area contributed by atoms with E-state index < -0.39 is 0 Å². The van der Waals surface area contributed by atoms with Crippen LogP contribution in [0.2, 0.25) is 0 Å². The number of guanidine groups is 1. The third kappa shape index (κ3) is 7.06. The summed E-state index contributed by atoms with van der Waals surface area (Å²) < 4.78 is 6.01. The smallest absolute Gasteiger partial charge is 0.213 e. The van der Waals surface area contributed by atoms with Crippen LogP contribution in [-0.2, 0) is 6.54 Å². The Balaban J connectivity index is 0.00000280. The first-order chi connectivity index (χ1) is 13.1. The monoisotopic (exact) mass is 501 g/mol. The number of nitrogens with zero attached hydrogens (tertiary/aromatic N) is 3. The SMILES string of the molecule is CN=C(NCc1ccnc(OC2CCCC2)c1)NC1CCN(C(C)C)CC1.I. The lowest BCUT2D eigenvalue weighted by Crippen LogP contribution is -2.49. The van der Waals surface area contributed by atoms with E-state index in [4.69, 9.17) is 4.74 Å². The molecule has 0 radical (unpaired) electrons. The summed E-state index contributed by atoms with van der Waals surface area (Å²) >= 11 is 0. The molecule has 0 aromatic carbocycles. The van der Waals surface area contributed by atoms with Gasteiger partial charge < -0.3 is 20.3 Å². The maximum Gasteiger partial charge on any atom is 0.213 e. The Hall–Kier alpha value is -1.09. The Kier molecular flexibility index (Phi) is 9.77. The third-order valence-electron chi connectivity index (χ3n) is 5.67. The van der Waals surface area contributed by atoms with E-state index in [1.165, 1.54) is 12.8 Å². The zero-order valence-corrected chi connectivity index (χ0v) is 19.8. The van der Waals surface area contributed by atoms with Crippen LogP contribution in [-0.4, -0.2) is 54.2 Å². The van der Waals surface area contributed by atoms with Crippen LogP contribution in [0.25, 0.3) is 0 Å². The lowest BCUT2D eigenvalue weighted by Gasteiger charge is -2.35. The van der Waals surface area contributed by atoms with Crippen LogP contribution < -0.4 is 15.4 Å². The zero-order valence-electron chi connectivity index (χ0n) is 17.5. The van der Waals surface area contributed by atoms with Crippen LogP contribution in [0.5, 0.6) is 5.88 Å². The number of piperidine rings is 1. The molecular formula is C21H36IN5O. The molecule has 6 nitrogen and oxygen atoms in total. The summed E-state index contributed by atoms with van der Waals surface area (Å²) in [6.07, 6.45) is 9.33. The highest BCUT2D eigenvalue weighted by molar-refractivity contribution is 14.0. The van der Waals surface area contributed by atoms with Crippen molar-refractivity contribution in [2.75, 3.05) is 20.1 Å². The number of halogens is 1. The third-order valence-corrected chi connectivity index (χ3v) is 5.67. The molecule has 2 heterocycles. The van der Waals surface area contributed by atoms with E-state index in [9.17, 15) is 0 Å². The molecule has 0 amide bonds. The molecule has 1 aromatic rings. The number of rotatable bonds is 6. The van der Waals surface area contributed by atoms with Crippen LogP contribution in [0.4, 0.5) is 0 Å². The van der Waals surface area contributed by atoms with Crippen molar-refractivity contribution in [3.8, 4) is 5.88 Å². The number of likely N-dealkylation sites (tertiary alicyclic amines) is 1. The molecule has 1 aromatic heterocycles. The fourth-order valence-electron chi connectivity index (χ4n) is 3.94. The van der Waals surface area contributed by atoms with Gasteiger partial charge in [0.05, 0.1) is 0 Å². The number of pyridine rings is 1. The molecule has 0 atom stereocenters. The van der Waals surface area contributed by atoms with E-state index >= 15 is 0 Å². The lowest BCUT2D eigenvalue weighted by molar-refractivity contribution is 0.167. The van der Waals surface area contributed by atoms with Gasteiger partial charge in [-0.1, -0.05) is 0 Å². The predicted octanol–water partition coefficient (Wildman–Crippen LogP) is 3.56.